The fourth-order valence-corrected chi connectivity index (χ4v) is 2.98. The SMILES string of the molecule is CCCNC(CN1CC(C)CC(C)C1)C(=O)OCC. The quantitative estimate of drug-likeness (QED) is 0.717. The van der Waals surface area contributed by atoms with Crippen LogP contribution in [0.2, 0.25) is 0 Å². The molecule has 0 spiro atoms. The van der Waals surface area contributed by atoms with E-state index in [1.165, 1.54) is 6.42 Å². The molecular weight excluding hydrogens is 240 g/mol. The van der Waals surface area contributed by atoms with Crippen LogP contribution in [0.5, 0.6) is 0 Å². The number of nitrogens with zero attached hydrogens (tertiary/aromatic N) is 1. The van der Waals surface area contributed by atoms with Gasteiger partial charge in [-0.15, -0.1) is 0 Å². The highest BCUT2D eigenvalue weighted by molar-refractivity contribution is 5.76. The average Bonchev–Trinajstić information content (AvgIpc) is 2.33. The second kappa shape index (κ2) is 8.54. The molecule has 0 aliphatic carbocycles. The van der Waals surface area contributed by atoms with Crippen molar-refractivity contribution >= 4 is 5.97 Å². The number of esters is 1. The van der Waals surface area contributed by atoms with Crippen molar-refractivity contribution in [3.05, 3.63) is 0 Å². The van der Waals surface area contributed by atoms with Gasteiger partial charge in [-0.25, -0.2) is 0 Å². The minimum Gasteiger partial charge on any atom is -0.465 e. The van der Waals surface area contributed by atoms with Crippen LogP contribution < -0.4 is 5.32 Å². The van der Waals surface area contributed by atoms with Crippen molar-refractivity contribution in [3.8, 4) is 0 Å². The molecule has 1 rings (SSSR count). The summed E-state index contributed by atoms with van der Waals surface area (Å²) in [5.74, 6) is 1.33. The molecule has 0 saturated carbocycles. The van der Waals surface area contributed by atoms with E-state index in [4.69, 9.17) is 4.74 Å². The van der Waals surface area contributed by atoms with E-state index in [9.17, 15) is 4.79 Å². The first-order valence-corrected chi connectivity index (χ1v) is 7.69. The minimum absolute atomic E-state index is 0.109. The molecule has 1 aliphatic heterocycles. The maximum atomic E-state index is 12.0. The third-order valence-electron chi connectivity index (χ3n) is 3.60. The van der Waals surface area contributed by atoms with Gasteiger partial charge in [-0.05, 0) is 38.1 Å². The zero-order chi connectivity index (χ0) is 14.3. The Morgan fingerprint density at radius 2 is 1.95 bits per heavy atom. The second-order valence-electron chi connectivity index (χ2n) is 5.92. The highest BCUT2D eigenvalue weighted by atomic mass is 16.5. The van der Waals surface area contributed by atoms with E-state index in [1.54, 1.807) is 0 Å². The summed E-state index contributed by atoms with van der Waals surface area (Å²) in [4.78, 5) is 14.4. The highest BCUT2D eigenvalue weighted by Gasteiger charge is 2.27. The van der Waals surface area contributed by atoms with Gasteiger partial charge in [0.2, 0.25) is 0 Å². The summed E-state index contributed by atoms with van der Waals surface area (Å²) in [7, 11) is 0. The van der Waals surface area contributed by atoms with Crippen molar-refractivity contribution in [1.82, 2.24) is 10.2 Å². The maximum absolute atomic E-state index is 12.0. The van der Waals surface area contributed by atoms with Gasteiger partial charge in [-0.3, -0.25) is 4.79 Å². The standard InChI is InChI=1S/C15H30N2O2/c1-5-7-16-14(15(18)19-6-2)11-17-9-12(3)8-13(4)10-17/h12-14,16H,5-11H2,1-4H3. The first-order valence-electron chi connectivity index (χ1n) is 7.69. The lowest BCUT2D eigenvalue weighted by atomic mass is 9.91. The number of hydrogen-bond donors (Lipinski definition) is 1. The molecule has 1 fully saturated rings. The monoisotopic (exact) mass is 270 g/mol. The molecule has 0 aromatic carbocycles. The van der Waals surface area contributed by atoms with Crippen LogP contribution in [0, 0.1) is 11.8 Å². The lowest BCUT2D eigenvalue weighted by Crippen LogP contribution is -2.50. The summed E-state index contributed by atoms with van der Waals surface area (Å²) >= 11 is 0. The average molecular weight is 270 g/mol. The Morgan fingerprint density at radius 3 is 2.47 bits per heavy atom. The lowest BCUT2D eigenvalue weighted by molar-refractivity contribution is -0.146. The Hall–Kier alpha value is -0.610. The predicted molar refractivity (Wildman–Crippen MR) is 78.1 cm³/mol. The summed E-state index contributed by atoms with van der Waals surface area (Å²) in [6.07, 6.45) is 2.33. The van der Waals surface area contributed by atoms with E-state index in [-0.39, 0.29) is 12.0 Å². The normalized spacial score (nSPS) is 26.1. The lowest BCUT2D eigenvalue weighted by Gasteiger charge is -2.36. The summed E-state index contributed by atoms with van der Waals surface area (Å²) in [6.45, 7) is 12.8. The number of piperidine rings is 1. The van der Waals surface area contributed by atoms with Crippen molar-refractivity contribution in [2.75, 3.05) is 32.8 Å². The molecule has 0 amide bonds. The molecule has 1 aliphatic rings. The number of hydrogen-bond acceptors (Lipinski definition) is 4. The van der Waals surface area contributed by atoms with Gasteiger partial charge in [-0.2, -0.15) is 0 Å². The Labute approximate surface area is 117 Å². The number of carbonyl (C=O) groups excluding carboxylic acids is 1. The van der Waals surface area contributed by atoms with Gasteiger partial charge in [-0.1, -0.05) is 20.8 Å². The van der Waals surface area contributed by atoms with Crippen molar-refractivity contribution < 1.29 is 9.53 Å². The highest BCUT2D eigenvalue weighted by Crippen LogP contribution is 2.20. The van der Waals surface area contributed by atoms with E-state index in [0.29, 0.717) is 6.61 Å². The molecule has 112 valence electrons. The number of rotatable bonds is 7. The zero-order valence-electron chi connectivity index (χ0n) is 12.9. The van der Waals surface area contributed by atoms with Gasteiger partial charge in [0.05, 0.1) is 6.61 Å². The van der Waals surface area contributed by atoms with Gasteiger partial charge in [0.25, 0.3) is 0 Å². The zero-order valence-corrected chi connectivity index (χ0v) is 12.9. The van der Waals surface area contributed by atoms with E-state index in [2.05, 4.69) is 31.0 Å². The van der Waals surface area contributed by atoms with Crippen molar-refractivity contribution in [2.45, 2.75) is 46.6 Å². The van der Waals surface area contributed by atoms with E-state index in [0.717, 1.165) is 44.4 Å². The van der Waals surface area contributed by atoms with Crippen LogP contribution in [0.25, 0.3) is 0 Å². The number of ether oxygens (including phenoxy) is 1. The van der Waals surface area contributed by atoms with Crippen LogP contribution in [0.3, 0.4) is 0 Å². The van der Waals surface area contributed by atoms with Crippen LogP contribution in [0.4, 0.5) is 0 Å². The Kier molecular flexibility index (Phi) is 7.39. The van der Waals surface area contributed by atoms with Gasteiger partial charge in [0.1, 0.15) is 6.04 Å². The van der Waals surface area contributed by atoms with Crippen molar-refractivity contribution in [1.29, 1.82) is 0 Å². The van der Waals surface area contributed by atoms with Gasteiger partial charge in [0.15, 0.2) is 0 Å². The van der Waals surface area contributed by atoms with E-state index in [1.807, 2.05) is 6.92 Å². The molecule has 0 radical (unpaired) electrons. The Bertz CT molecular complexity index is 261. The molecule has 4 nitrogen and oxygen atoms in total. The summed E-state index contributed by atoms with van der Waals surface area (Å²) in [5.41, 5.74) is 0. The molecule has 1 N–H and O–H groups in total. The molecule has 19 heavy (non-hydrogen) atoms. The summed E-state index contributed by atoms with van der Waals surface area (Å²) < 4.78 is 5.17. The van der Waals surface area contributed by atoms with Gasteiger partial charge in [0, 0.05) is 19.6 Å². The minimum atomic E-state index is -0.183. The van der Waals surface area contributed by atoms with E-state index < -0.39 is 0 Å². The second-order valence-corrected chi connectivity index (χ2v) is 5.92. The molecular formula is C15H30N2O2. The van der Waals surface area contributed by atoms with Crippen LogP contribution in [0.15, 0.2) is 0 Å². The largest absolute Gasteiger partial charge is 0.465 e. The fraction of sp³-hybridized carbons (Fsp3) is 0.933. The topological polar surface area (TPSA) is 41.6 Å². The summed E-state index contributed by atoms with van der Waals surface area (Å²) in [6, 6.07) is -0.183. The maximum Gasteiger partial charge on any atom is 0.324 e. The van der Waals surface area contributed by atoms with Crippen LogP contribution in [0.1, 0.15) is 40.5 Å². The third kappa shape index (κ3) is 5.91. The van der Waals surface area contributed by atoms with Crippen LogP contribution >= 0.6 is 0 Å². The first kappa shape index (κ1) is 16.4. The van der Waals surface area contributed by atoms with E-state index >= 15 is 0 Å². The molecule has 3 unspecified atom stereocenters. The fourth-order valence-electron chi connectivity index (χ4n) is 2.98. The smallest absolute Gasteiger partial charge is 0.324 e. The van der Waals surface area contributed by atoms with Crippen molar-refractivity contribution in [2.24, 2.45) is 11.8 Å². The predicted octanol–water partition coefficient (Wildman–Crippen LogP) is 1.90. The number of likely N-dealkylation sites (tertiary alicyclic amines) is 1. The molecule has 0 aromatic rings. The van der Waals surface area contributed by atoms with Crippen LogP contribution in [-0.2, 0) is 9.53 Å². The molecule has 1 heterocycles. The molecule has 0 bridgehead atoms. The molecule has 3 atom stereocenters. The van der Waals surface area contributed by atoms with Crippen LogP contribution in [-0.4, -0.2) is 49.7 Å². The Balaban J connectivity index is 2.52. The third-order valence-corrected chi connectivity index (χ3v) is 3.60. The number of nitrogens with one attached hydrogen (secondary N) is 1. The van der Waals surface area contributed by atoms with Crippen molar-refractivity contribution in [3.63, 3.8) is 0 Å². The first-order chi connectivity index (χ1) is 9.06. The Morgan fingerprint density at radius 1 is 1.32 bits per heavy atom. The molecule has 1 saturated heterocycles. The summed E-state index contributed by atoms with van der Waals surface area (Å²) in [5, 5.41) is 3.31. The number of carbonyl (C=O) groups is 1. The van der Waals surface area contributed by atoms with Gasteiger partial charge >= 0.3 is 5.97 Å². The van der Waals surface area contributed by atoms with Gasteiger partial charge < -0.3 is 15.0 Å². The molecule has 4 heteroatoms. The molecule has 0 aromatic heterocycles.